The minimum atomic E-state index is -0.816. The van der Waals surface area contributed by atoms with Crippen LogP contribution < -0.4 is 10.8 Å². The Labute approximate surface area is 163 Å². The summed E-state index contributed by atoms with van der Waals surface area (Å²) in [4.78, 5) is 21.5. The van der Waals surface area contributed by atoms with Crippen LogP contribution >= 0.6 is 11.3 Å². The van der Waals surface area contributed by atoms with Crippen molar-refractivity contribution in [3.05, 3.63) is 40.3 Å². The number of anilines is 1. The summed E-state index contributed by atoms with van der Waals surface area (Å²) < 4.78 is 0. The van der Waals surface area contributed by atoms with Crippen molar-refractivity contribution in [2.24, 2.45) is 11.3 Å². The Kier molecular flexibility index (Phi) is 4.74. The van der Waals surface area contributed by atoms with E-state index in [0.717, 1.165) is 60.5 Å². The summed E-state index contributed by atoms with van der Waals surface area (Å²) in [6.07, 6.45) is 3.87. The zero-order chi connectivity index (χ0) is 19.2. The van der Waals surface area contributed by atoms with Crippen LogP contribution in [-0.2, 0) is 17.7 Å². The Morgan fingerprint density at radius 1 is 1.41 bits per heavy atom. The molecule has 1 aromatic carbocycles. The lowest BCUT2D eigenvalue weighted by atomic mass is 9.76. The number of hydrogen-bond donors (Lipinski definition) is 2. The second-order valence-electron chi connectivity index (χ2n) is 8.40. The molecule has 27 heavy (non-hydrogen) atoms. The second kappa shape index (κ2) is 6.93. The molecule has 144 valence electrons. The third kappa shape index (κ3) is 3.49. The first-order chi connectivity index (χ1) is 12.9. The molecule has 5 nitrogen and oxygen atoms in total. The Balaban J connectivity index is 1.73. The van der Waals surface area contributed by atoms with Gasteiger partial charge in [0.15, 0.2) is 0 Å². The summed E-state index contributed by atoms with van der Waals surface area (Å²) >= 11 is 1.66. The van der Waals surface area contributed by atoms with Crippen LogP contribution in [0.1, 0.15) is 47.5 Å². The van der Waals surface area contributed by atoms with E-state index in [9.17, 15) is 9.90 Å². The number of carboxylic acid groups (broad SMARTS) is 1. The molecular weight excluding hydrogens is 360 g/mol. The minimum Gasteiger partial charge on any atom is -0.478 e. The lowest BCUT2D eigenvalue weighted by Gasteiger charge is -2.29. The number of nitrogens with zero attached hydrogens (tertiary/aromatic N) is 1. The summed E-state index contributed by atoms with van der Waals surface area (Å²) in [7, 11) is 0. The van der Waals surface area contributed by atoms with Crippen molar-refractivity contribution in [2.75, 3.05) is 18.0 Å². The van der Waals surface area contributed by atoms with E-state index in [-0.39, 0.29) is 11.5 Å². The van der Waals surface area contributed by atoms with Gasteiger partial charge < -0.3 is 10.0 Å². The van der Waals surface area contributed by atoms with Gasteiger partial charge in [-0.25, -0.2) is 10.7 Å². The molecule has 0 saturated carbocycles. The van der Waals surface area contributed by atoms with Crippen LogP contribution in [0.15, 0.2) is 24.3 Å². The van der Waals surface area contributed by atoms with Gasteiger partial charge in [-0.1, -0.05) is 26.0 Å². The van der Waals surface area contributed by atoms with Gasteiger partial charge in [0.2, 0.25) is 0 Å². The van der Waals surface area contributed by atoms with Crippen LogP contribution in [0.25, 0.3) is 10.4 Å². The molecule has 1 saturated heterocycles. The average molecular weight is 387 g/mol. The van der Waals surface area contributed by atoms with Crippen LogP contribution in [-0.4, -0.2) is 30.3 Å². The van der Waals surface area contributed by atoms with Crippen LogP contribution in [0.2, 0.25) is 0 Å². The Bertz CT molecular complexity index is 874. The summed E-state index contributed by atoms with van der Waals surface area (Å²) in [5.41, 5.74) is 3.78. The molecule has 0 radical (unpaired) electrons. The summed E-state index contributed by atoms with van der Waals surface area (Å²) in [5, 5.41) is 9.96. The molecule has 0 unspecified atom stereocenters. The monoisotopic (exact) mass is 386 g/mol. The van der Waals surface area contributed by atoms with Crippen molar-refractivity contribution in [2.45, 2.75) is 45.6 Å². The predicted molar refractivity (Wildman–Crippen MR) is 108 cm³/mol. The molecule has 3 N–H and O–H groups in total. The molecule has 1 aromatic heterocycles. The van der Waals surface area contributed by atoms with Crippen LogP contribution in [0.4, 0.5) is 5.69 Å². The van der Waals surface area contributed by atoms with E-state index < -0.39 is 5.97 Å². The molecule has 1 atom stereocenters. The van der Waals surface area contributed by atoms with E-state index in [1.165, 1.54) is 4.88 Å². The molecule has 1 aliphatic heterocycles. The number of aromatic carboxylic acids is 1. The molecule has 2 aliphatic rings. The molecule has 0 spiro atoms. The van der Waals surface area contributed by atoms with Gasteiger partial charge in [-0.2, -0.15) is 0 Å². The first kappa shape index (κ1) is 18.5. The van der Waals surface area contributed by atoms with Crippen molar-refractivity contribution in [3.63, 3.8) is 0 Å². The van der Waals surface area contributed by atoms with Gasteiger partial charge >= 0.3 is 5.97 Å². The third-order valence-electron chi connectivity index (χ3n) is 5.80. The van der Waals surface area contributed by atoms with E-state index in [1.807, 2.05) is 12.1 Å². The van der Waals surface area contributed by atoms with Gasteiger partial charge in [-0.05, 0) is 54.4 Å². The van der Waals surface area contributed by atoms with Crippen LogP contribution in [0.5, 0.6) is 0 Å². The van der Waals surface area contributed by atoms with E-state index in [4.69, 9.17) is 10.7 Å². The summed E-state index contributed by atoms with van der Waals surface area (Å²) in [5.74, 6) is 4.52. The van der Waals surface area contributed by atoms with Gasteiger partial charge in [0.25, 0.3) is 0 Å². The lowest BCUT2D eigenvalue weighted by Crippen LogP contribution is -2.24. The average Bonchev–Trinajstić information content (AvgIpc) is 3.25. The molecule has 1 fully saturated rings. The molecule has 4 rings (SSSR count). The van der Waals surface area contributed by atoms with Gasteiger partial charge in [-0.15, -0.1) is 11.3 Å². The minimum absolute atomic E-state index is 0.0551. The first-order valence-electron chi connectivity index (χ1n) is 9.47. The molecular formula is C21H26N2O3S. The van der Waals surface area contributed by atoms with Crippen LogP contribution in [0.3, 0.4) is 0 Å². The number of benzene rings is 1. The summed E-state index contributed by atoms with van der Waals surface area (Å²) in [6.45, 7) is 6.11. The maximum Gasteiger partial charge on any atom is 0.337 e. The van der Waals surface area contributed by atoms with Crippen molar-refractivity contribution in [1.29, 1.82) is 0 Å². The number of nitrogens with two attached hydrogens (primary N) is 1. The topological polar surface area (TPSA) is 75.8 Å². The zero-order valence-corrected chi connectivity index (χ0v) is 16.6. The molecule has 6 heteroatoms. The second-order valence-corrected chi connectivity index (χ2v) is 9.50. The number of hydrogen-bond acceptors (Lipinski definition) is 5. The fourth-order valence-electron chi connectivity index (χ4n) is 4.27. The van der Waals surface area contributed by atoms with Gasteiger partial charge in [0.1, 0.15) is 0 Å². The number of rotatable bonds is 4. The normalized spacial score (nSPS) is 21.3. The Hall–Kier alpha value is -1.89. The Morgan fingerprint density at radius 3 is 2.93 bits per heavy atom. The van der Waals surface area contributed by atoms with Crippen LogP contribution in [0, 0.1) is 5.41 Å². The fourth-order valence-corrected chi connectivity index (χ4v) is 5.57. The van der Waals surface area contributed by atoms with Crippen molar-refractivity contribution >= 4 is 23.0 Å². The molecule has 0 amide bonds. The summed E-state index contributed by atoms with van der Waals surface area (Å²) in [6, 6.07) is 8.20. The van der Waals surface area contributed by atoms with E-state index in [2.05, 4.69) is 30.9 Å². The first-order valence-corrected chi connectivity index (χ1v) is 10.3. The number of thiophene rings is 1. The van der Waals surface area contributed by atoms with Gasteiger partial charge in [0.05, 0.1) is 11.7 Å². The number of fused-ring (bicyclic) bond motifs is 1. The number of carboxylic acids is 1. The Morgan fingerprint density at radius 2 is 2.22 bits per heavy atom. The fraction of sp³-hybridized carbons (Fsp3) is 0.476. The molecule has 2 aromatic rings. The highest BCUT2D eigenvalue weighted by Crippen LogP contribution is 2.45. The molecule has 1 aliphatic carbocycles. The van der Waals surface area contributed by atoms with E-state index >= 15 is 0 Å². The SMILES string of the molecule is CC1(C)CCc2sc(-c3cccc(N4CC[C@@H](ON)C4)c3)c(C(=O)O)c2C1. The molecule has 2 heterocycles. The predicted octanol–water partition coefficient (Wildman–Crippen LogP) is 4.10. The quantitative estimate of drug-likeness (QED) is 0.774. The van der Waals surface area contributed by atoms with E-state index in [1.54, 1.807) is 11.3 Å². The number of carbonyl (C=O) groups is 1. The van der Waals surface area contributed by atoms with Crippen molar-refractivity contribution in [3.8, 4) is 10.4 Å². The zero-order valence-electron chi connectivity index (χ0n) is 15.8. The van der Waals surface area contributed by atoms with Crippen molar-refractivity contribution < 1.29 is 14.7 Å². The smallest absolute Gasteiger partial charge is 0.337 e. The standard InChI is InChI=1S/C21H26N2O3S/c1-21(2)8-6-17-16(11-21)18(20(24)25)19(27-17)13-4-3-5-14(10-13)23-9-7-15(12-23)26-22/h3-5,10,15H,6-9,11-12,22H2,1-2H3,(H,24,25)/t15-/m1/s1. The lowest BCUT2D eigenvalue weighted by molar-refractivity contribution is 0.0689. The highest BCUT2D eigenvalue weighted by molar-refractivity contribution is 7.16. The largest absolute Gasteiger partial charge is 0.478 e. The maximum absolute atomic E-state index is 12.1. The van der Waals surface area contributed by atoms with E-state index in [0.29, 0.717) is 5.56 Å². The highest BCUT2D eigenvalue weighted by Gasteiger charge is 2.33. The third-order valence-corrected chi connectivity index (χ3v) is 7.14. The highest BCUT2D eigenvalue weighted by atomic mass is 32.1. The van der Waals surface area contributed by atoms with Crippen molar-refractivity contribution in [1.82, 2.24) is 0 Å². The maximum atomic E-state index is 12.1. The molecule has 0 bridgehead atoms. The number of aryl methyl sites for hydroxylation is 1. The van der Waals surface area contributed by atoms with Gasteiger partial charge in [0, 0.05) is 28.5 Å². The van der Waals surface area contributed by atoms with Gasteiger partial charge in [-0.3, -0.25) is 4.84 Å².